The predicted octanol–water partition coefficient (Wildman–Crippen LogP) is 5.76. The number of aliphatic hydroxyl groups excluding tert-OH is 2. The predicted molar refractivity (Wildman–Crippen MR) is 214 cm³/mol. The van der Waals surface area contributed by atoms with E-state index in [2.05, 4.69) is 114 Å². The number of nitrogens with one attached hydrogen (secondary N) is 1. The lowest BCUT2D eigenvalue weighted by Crippen LogP contribution is -2.39. The van der Waals surface area contributed by atoms with Gasteiger partial charge in [-0.05, 0) is 102 Å². The van der Waals surface area contributed by atoms with Crippen molar-refractivity contribution in [2.45, 2.75) is 110 Å². The molecule has 0 saturated carbocycles. The second-order valence-electron chi connectivity index (χ2n) is 15.4. The molecular weight excluding hydrogens is 647 g/mol. The van der Waals surface area contributed by atoms with Crippen molar-refractivity contribution < 1.29 is 15.0 Å². The smallest absolute Gasteiger partial charge is 0.135 e. The Balaban J connectivity index is 0.000000160. The van der Waals surface area contributed by atoms with E-state index in [4.69, 9.17) is 10.8 Å². The number of aliphatic hydroxyl groups is 2. The van der Waals surface area contributed by atoms with Crippen LogP contribution in [0.15, 0.2) is 72.8 Å². The molecule has 0 atom stereocenters. The third kappa shape index (κ3) is 16.8. The van der Waals surface area contributed by atoms with Crippen molar-refractivity contribution in [1.82, 2.24) is 20.0 Å². The van der Waals surface area contributed by atoms with Gasteiger partial charge in [-0.1, -0.05) is 89.5 Å². The zero-order chi connectivity index (χ0) is 37.1. The molecular formula is C44H67N5O3. The van der Waals surface area contributed by atoms with E-state index in [-0.39, 0.29) is 12.2 Å². The summed E-state index contributed by atoms with van der Waals surface area (Å²) >= 11 is 0. The summed E-state index contributed by atoms with van der Waals surface area (Å²) in [6.45, 7) is 17.6. The van der Waals surface area contributed by atoms with Crippen LogP contribution >= 0.6 is 0 Å². The molecule has 52 heavy (non-hydrogen) atoms. The Hall–Kier alpha value is -2.95. The number of carbonyl (C=O) groups excluding carboxylic acids is 1. The first kappa shape index (κ1) is 41.8. The first-order chi connectivity index (χ1) is 25.1. The highest BCUT2D eigenvalue weighted by Crippen LogP contribution is 2.15. The molecule has 0 aliphatic carbocycles. The molecule has 0 radical (unpaired) electrons. The lowest BCUT2D eigenvalue weighted by molar-refractivity contribution is -0.121. The molecule has 4 fully saturated rings. The fourth-order valence-electron chi connectivity index (χ4n) is 6.81. The molecule has 286 valence electrons. The number of nitrogens with zero attached hydrogens (tertiary/aromatic N) is 3. The fourth-order valence-corrected chi connectivity index (χ4v) is 6.81. The van der Waals surface area contributed by atoms with Crippen molar-refractivity contribution in [1.29, 1.82) is 0 Å². The average Bonchev–Trinajstić information content (AvgIpc) is 3.15. The molecule has 4 aliphatic rings. The van der Waals surface area contributed by atoms with Crippen molar-refractivity contribution >= 4 is 5.78 Å². The second kappa shape index (κ2) is 23.0. The topological polar surface area (TPSA) is 105 Å². The maximum Gasteiger partial charge on any atom is 0.135 e. The number of likely N-dealkylation sites (tertiary alicyclic amines) is 3. The summed E-state index contributed by atoms with van der Waals surface area (Å²) in [6.07, 6.45) is 7.35. The van der Waals surface area contributed by atoms with E-state index in [9.17, 15) is 9.90 Å². The van der Waals surface area contributed by atoms with Crippen LogP contribution in [0.4, 0.5) is 0 Å². The summed E-state index contributed by atoms with van der Waals surface area (Å²) in [5, 5.41) is 21.4. The first-order valence-corrected chi connectivity index (χ1v) is 19.8. The third-order valence-corrected chi connectivity index (χ3v) is 10.5. The van der Waals surface area contributed by atoms with E-state index in [0.717, 1.165) is 123 Å². The number of Topliss-reactive ketones (excluding diaryl/α,β-unsaturated/α-hetero) is 1. The molecule has 0 amide bonds. The number of aryl methyl sites for hydroxylation is 3. The number of benzene rings is 3. The van der Waals surface area contributed by atoms with Gasteiger partial charge in [-0.15, -0.1) is 0 Å². The third-order valence-electron chi connectivity index (χ3n) is 10.5. The van der Waals surface area contributed by atoms with Crippen LogP contribution in [0.5, 0.6) is 0 Å². The van der Waals surface area contributed by atoms with E-state index in [1.807, 2.05) is 0 Å². The average molecular weight is 714 g/mol. The lowest BCUT2D eigenvalue weighted by atomic mass is 10.1. The highest BCUT2D eigenvalue weighted by Gasteiger charge is 2.18. The normalized spacial score (nSPS) is 19.8. The van der Waals surface area contributed by atoms with Crippen LogP contribution in [-0.2, 0) is 24.4 Å². The molecule has 4 aliphatic heterocycles. The monoisotopic (exact) mass is 714 g/mol. The van der Waals surface area contributed by atoms with E-state index < -0.39 is 0 Å². The van der Waals surface area contributed by atoms with Gasteiger partial charge in [0.2, 0.25) is 0 Å². The Bertz CT molecular complexity index is 1320. The standard InChI is InChI=1S/C13H20N2.C13H19NO.C13H17NO.C5H11NO/c1-11-2-4-12(5-3-11)10-15-8-6-13(14)7-9-15;2*1-11-2-4-12(5-3-11)10-14-8-6-13(15)7-9-14;7-5-1-3-6-4-2-5/h2-5,13H,6-10,14H2,1H3;2-5,13,15H,6-10H2,1H3;2-5H,6-10H2,1H3;5-7H,1-4H2. The van der Waals surface area contributed by atoms with E-state index in [1.54, 1.807) is 0 Å². The van der Waals surface area contributed by atoms with Gasteiger partial charge in [0.25, 0.3) is 0 Å². The molecule has 5 N–H and O–H groups in total. The molecule has 3 aromatic rings. The van der Waals surface area contributed by atoms with Crippen LogP contribution < -0.4 is 11.1 Å². The molecule has 4 heterocycles. The molecule has 0 spiro atoms. The minimum absolute atomic E-state index is 0.0266. The molecule has 4 saturated heterocycles. The quantitative estimate of drug-likeness (QED) is 0.256. The summed E-state index contributed by atoms with van der Waals surface area (Å²) in [6, 6.07) is 26.6. The maximum absolute atomic E-state index is 11.1. The zero-order valence-corrected chi connectivity index (χ0v) is 32.3. The van der Waals surface area contributed by atoms with Crippen molar-refractivity contribution in [3.63, 3.8) is 0 Å². The van der Waals surface area contributed by atoms with Gasteiger partial charge < -0.3 is 21.3 Å². The minimum Gasteiger partial charge on any atom is -0.393 e. The Morgan fingerprint density at radius 3 is 1.21 bits per heavy atom. The number of nitrogens with two attached hydrogens (primary N) is 1. The van der Waals surface area contributed by atoms with Gasteiger partial charge in [0.1, 0.15) is 5.78 Å². The lowest BCUT2D eigenvalue weighted by Gasteiger charge is -2.30. The van der Waals surface area contributed by atoms with Crippen molar-refractivity contribution in [2.24, 2.45) is 5.73 Å². The van der Waals surface area contributed by atoms with Crippen LogP contribution in [0.3, 0.4) is 0 Å². The van der Waals surface area contributed by atoms with Gasteiger partial charge in [-0.2, -0.15) is 0 Å². The summed E-state index contributed by atoms with van der Waals surface area (Å²) in [5.74, 6) is 0.412. The van der Waals surface area contributed by atoms with Gasteiger partial charge in [0.05, 0.1) is 12.2 Å². The number of rotatable bonds is 6. The summed E-state index contributed by atoms with van der Waals surface area (Å²) in [5.41, 5.74) is 14.0. The van der Waals surface area contributed by atoms with Gasteiger partial charge in [-0.25, -0.2) is 0 Å². The summed E-state index contributed by atoms with van der Waals surface area (Å²) in [4.78, 5) is 18.3. The van der Waals surface area contributed by atoms with E-state index in [0.29, 0.717) is 11.8 Å². The number of hydrogen-bond acceptors (Lipinski definition) is 8. The van der Waals surface area contributed by atoms with Crippen LogP contribution in [0, 0.1) is 20.8 Å². The fraction of sp³-hybridized carbons (Fsp3) is 0.568. The van der Waals surface area contributed by atoms with Crippen LogP contribution in [0.1, 0.15) is 84.7 Å². The minimum atomic E-state index is -0.0701. The Labute approximate surface area is 314 Å². The Morgan fingerprint density at radius 1 is 0.538 bits per heavy atom. The van der Waals surface area contributed by atoms with Crippen LogP contribution in [-0.4, -0.2) is 101 Å². The highest BCUT2D eigenvalue weighted by atomic mass is 16.3. The summed E-state index contributed by atoms with van der Waals surface area (Å²) < 4.78 is 0. The largest absolute Gasteiger partial charge is 0.393 e. The molecule has 7 rings (SSSR count). The van der Waals surface area contributed by atoms with Crippen LogP contribution in [0.25, 0.3) is 0 Å². The highest BCUT2D eigenvalue weighted by molar-refractivity contribution is 5.79. The van der Waals surface area contributed by atoms with Gasteiger partial charge in [0, 0.05) is 64.7 Å². The van der Waals surface area contributed by atoms with Gasteiger partial charge in [-0.3, -0.25) is 19.5 Å². The van der Waals surface area contributed by atoms with Crippen LogP contribution in [0.2, 0.25) is 0 Å². The molecule has 8 heteroatoms. The van der Waals surface area contributed by atoms with Crippen molar-refractivity contribution in [3.8, 4) is 0 Å². The number of piperidine rings is 4. The Kier molecular flexibility index (Phi) is 18.5. The first-order valence-electron chi connectivity index (χ1n) is 19.8. The molecule has 3 aromatic carbocycles. The molecule has 0 unspecified atom stereocenters. The molecule has 8 nitrogen and oxygen atoms in total. The Morgan fingerprint density at radius 2 is 0.865 bits per heavy atom. The number of ketones is 1. The zero-order valence-electron chi connectivity index (χ0n) is 32.3. The van der Waals surface area contributed by atoms with E-state index >= 15 is 0 Å². The SMILES string of the molecule is Cc1ccc(CN2CCC(=O)CC2)cc1.Cc1ccc(CN2CCC(N)CC2)cc1.Cc1ccc(CN2CCC(O)CC2)cc1.OC1CCNCC1. The van der Waals surface area contributed by atoms with Gasteiger partial charge >= 0.3 is 0 Å². The number of hydrogen-bond donors (Lipinski definition) is 4. The summed E-state index contributed by atoms with van der Waals surface area (Å²) in [7, 11) is 0. The molecule has 0 aromatic heterocycles. The van der Waals surface area contributed by atoms with Gasteiger partial charge in [0.15, 0.2) is 0 Å². The second-order valence-corrected chi connectivity index (χ2v) is 15.4. The van der Waals surface area contributed by atoms with Crippen molar-refractivity contribution in [3.05, 3.63) is 106 Å². The number of carbonyl (C=O) groups is 1. The van der Waals surface area contributed by atoms with Crippen molar-refractivity contribution in [2.75, 3.05) is 52.4 Å². The maximum atomic E-state index is 11.1. The molecule has 0 bridgehead atoms. The van der Waals surface area contributed by atoms with E-state index in [1.165, 1.54) is 33.4 Å².